The van der Waals surface area contributed by atoms with Crippen LogP contribution in [-0.4, -0.2) is 38.9 Å². The van der Waals surface area contributed by atoms with E-state index in [-0.39, 0.29) is 6.54 Å². The highest BCUT2D eigenvalue weighted by molar-refractivity contribution is 7.88. The largest absolute Gasteiger partial charge is 0.452 e. The maximum atomic E-state index is 11.0. The Morgan fingerprint density at radius 1 is 1.50 bits per heavy atom. The Morgan fingerprint density at radius 2 is 2.00 bits per heavy atom. The first-order chi connectivity index (χ1) is 6.16. The lowest BCUT2D eigenvalue weighted by Gasteiger charge is -2.17. The van der Waals surface area contributed by atoms with Gasteiger partial charge in [-0.25, -0.2) is 9.52 Å². The van der Waals surface area contributed by atoms with E-state index in [1.165, 1.54) is 13.8 Å². The molecule has 0 aromatic heterocycles. The van der Waals surface area contributed by atoms with Crippen molar-refractivity contribution < 1.29 is 23.1 Å². The molecule has 0 saturated heterocycles. The minimum absolute atomic E-state index is 0.209. The lowest BCUT2D eigenvalue weighted by molar-refractivity contribution is 0.0855. The third kappa shape index (κ3) is 6.63. The molecular weight excluding hydrogens is 212 g/mol. The third-order valence-corrected chi connectivity index (χ3v) is 2.06. The van der Waals surface area contributed by atoms with Gasteiger partial charge in [0.05, 0.1) is 12.7 Å². The summed E-state index contributed by atoms with van der Waals surface area (Å²) in [5.41, 5.74) is -1.19. The number of hydrogen-bond donors (Lipinski definition) is 3. The van der Waals surface area contributed by atoms with E-state index in [9.17, 15) is 18.3 Å². The van der Waals surface area contributed by atoms with Crippen LogP contribution in [0.3, 0.4) is 0 Å². The van der Waals surface area contributed by atoms with Crippen LogP contribution in [0, 0.1) is 0 Å². The van der Waals surface area contributed by atoms with Crippen LogP contribution in [0.5, 0.6) is 0 Å². The maximum absolute atomic E-state index is 11.0. The Morgan fingerprint density at radius 3 is 2.36 bits per heavy atom. The standard InChI is InChI=1S/C6H14N2O5S/c1-6(2,10)4-7-14(11,12)8-5(9)13-3/h7,10H,4H2,1-3H3,(H,8,9). The normalized spacial score (nSPS) is 12.3. The van der Waals surface area contributed by atoms with Gasteiger partial charge in [-0.1, -0.05) is 0 Å². The molecule has 8 heteroatoms. The van der Waals surface area contributed by atoms with Crippen molar-refractivity contribution in [2.24, 2.45) is 0 Å². The molecule has 0 aliphatic heterocycles. The van der Waals surface area contributed by atoms with Crippen molar-refractivity contribution >= 4 is 16.3 Å². The van der Waals surface area contributed by atoms with Gasteiger partial charge in [0.1, 0.15) is 0 Å². The van der Waals surface area contributed by atoms with Crippen LogP contribution in [0.4, 0.5) is 4.79 Å². The zero-order valence-corrected chi connectivity index (χ0v) is 9.01. The van der Waals surface area contributed by atoms with Crippen LogP contribution in [0.2, 0.25) is 0 Å². The molecule has 14 heavy (non-hydrogen) atoms. The maximum Gasteiger partial charge on any atom is 0.421 e. The zero-order valence-electron chi connectivity index (χ0n) is 8.20. The quantitative estimate of drug-likeness (QED) is 0.567. The lowest BCUT2D eigenvalue weighted by atomic mass is 10.1. The monoisotopic (exact) mass is 226 g/mol. The molecule has 0 aromatic rings. The Kier molecular flexibility index (Phi) is 4.30. The topological polar surface area (TPSA) is 105 Å². The fourth-order valence-electron chi connectivity index (χ4n) is 0.459. The first-order valence-corrected chi connectivity index (χ1v) is 5.22. The second-order valence-electron chi connectivity index (χ2n) is 3.23. The fourth-order valence-corrected chi connectivity index (χ4v) is 1.38. The molecule has 0 saturated carbocycles. The van der Waals surface area contributed by atoms with Gasteiger partial charge in [-0.15, -0.1) is 0 Å². The highest BCUT2D eigenvalue weighted by Crippen LogP contribution is 1.97. The molecular formula is C6H14N2O5S. The van der Waals surface area contributed by atoms with E-state index in [2.05, 4.69) is 4.74 Å². The highest BCUT2D eigenvalue weighted by atomic mass is 32.2. The number of methoxy groups -OCH3 is 1. The number of rotatable bonds is 4. The van der Waals surface area contributed by atoms with Crippen molar-refractivity contribution in [3.8, 4) is 0 Å². The number of carbonyl (C=O) groups excluding carboxylic acids is 1. The number of nitrogens with one attached hydrogen (secondary N) is 2. The molecule has 84 valence electrons. The van der Waals surface area contributed by atoms with Crippen molar-refractivity contribution in [1.82, 2.24) is 9.44 Å². The van der Waals surface area contributed by atoms with Crippen LogP contribution >= 0.6 is 0 Å². The molecule has 0 atom stereocenters. The fraction of sp³-hybridized carbons (Fsp3) is 0.833. The van der Waals surface area contributed by atoms with Gasteiger partial charge in [-0.05, 0) is 13.8 Å². The minimum atomic E-state index is -3.96. The Labute approximate surface area is 82.6 Å². The molecule has 0 fully saturated rings. The van der Waals surface area contributed by atoms with E-state index in [1.807, 2.05) is 4.72 Å². The summed E-state index contributed by atoms with van der Waals surface area (Å²) in [6, 6.07) is 0. The Hall–Kier alpha value is -0.860. The molecule has 0 spiro atoms. The predicted octanol–water partition coefficient (Wildman–Crippen LogP) is -1.05. The van der Waals surface area contributed by atoms with Crippen molar-refractivity contribution in [1.29, 1.82) is 0 Å². The van der Waals surface area contributed by atoms with Gasteiger partial charge in [0, 0.05) is 6.54 Å². The molecule has 1 amide bonds. The zero-order chi connectivity index (χ0) is 11.4. The summed E-state index contributed by atoms with van der Waals surface area (Å²) in [6.07, 6.45) is -1.09. The average Bonchev–Trinajstić information content (AvgIpc) is 1.99. The second-order valence-corrected chi connectivity index (χ2v) is 4.73. The van der Waals surface area contributed by atoms with E-state index < -0.39 is 21.9 Å². The van der Waals surface area contributed by atoms with Gasteiger partial charge >= 0.3 is 16.3 Å². The van der Waals surface area contributed by atoms with Gasteiger partial charge < -0.3 is 9.84 Å². The van der Waals surface area contributed by atoms with Gasteiger partial charge in [0.15, 0.2) is 0 Å². The van der Waals surface area contributed by atoms with E-state index in [1.54, 1.807) is 4.72 Å². The number of hydrogen-bond acceptors (Lipinski definition) is 5. The van der Waals surface area contributed by atoms with Crippen LogP contribution in [0.1, 0.15) is 13.8 Å². The number of carbonyl (C=O) groups is 1. The summed E-state index contributed by atoms with van der Waals surface area (Å²) in [5, 5.41) is 9.20. The summed E-state index contributed by atoms with van der Waals surface area (Å²) < 4.78 is 29.7. The molecule has 0 unspecified atom stereocenters. The highest BCUT2D eigenvalue weighted by Gasteiger charge is 2.19. The molecule has 0 aliphatic carbocycles. The van der Waals surface area contributed by atoms with E-state index in [0.29, 0.717) is 0 Å². The third-order valence-electron chi connectivity index (χ3n) is 1.10. The summed E-state index contributed by atoms with van der Waals surface area (Å²) in [5.74, 6) is 0. The molecule has 0 bridgehead atoms. The van der Waals surface area contributed by atoms with Crippen LogP contribution < -0.4 is 9.44 Å². The average molecular weight is 226 g/mol. The van der Waals surface area contributed by atoms with Gasteiger partial charge in [-0.2, -0.15) is 13.1 Å². The molecule has 0 radical (unpaired) electrons. The lowest BCUT2D eigenvalue weighted by Crippen LogP contribution is -2.45. The van der Waals surface area contributed by atoms with Crippen LogP contribution in [0.15, 0.2) is 0 Å². The SMILES string of the molecule is COC(=O)NS(=O)(=O)NCC(C)(C)O. The van der Waals surface area contributed by atoms with Crippen molar-refractivity contribution in [3.63, 3.8) is 0 Å². The van der Waals surface area contributed by atoms with Gasteiger partial charge in [-0.3, -0.25) is 0 Å². The first kappa shape index (κ1) is 13.1. The van der Waals surface area contributed by atoms with E-state index >= 15 is 0 Å². The molecule has 3 N–H and O–H groups in total. The van der Waals surface area contributed by atoms with Crippen molar-refractivity contribution in [2.75, 3.05) is 13.7 Å². The van der Waals surface area contributed by atoms with Gasteiger partial charge in [0.2, 0.25) is 0 Å². The molecule has 0 rings (SSSR count). The van der Waals surface area contributed by atoms with Crippen molar-refractivity contribution in [3.05, 3.63) is 0 Å². The smallest absolute Gasteiger partial charge is 0.421 e. The van der Waals surface area contributed by atoms with Gasteiger partial charge in [0.25, 0.3) is 0 Å². The summed E-state index contributed by atoms with van der Waals surface area (Å²) in [4.78, 5) is 10.5. The molecule has 0 heterocycles. The number of ether oxygens (including phenoxy) is 1. The summed E-state index contributed by atoms with van der Waals surface area (Å²) >= 11 is 0. The molecule has 0 aromatic carbocycles. The second kappa shape index (κ2) is 4.58. The van der Waals surface area contributed by atoms with E-state index in [0.717, 1.165) is 7.11 Å². The summed E-state index contributed by atoms with van der Waals surface area (Å²) in [7, 11) is -2.92. The summed E-state index contributed by atoms with van der Waals surface area (Å²) in [6.45, 7) is 2.64. The van der Waals surface area contributed by atoms with Crippen molar-refractivity contribution in [2.45, 2.75) is 19.4 Å². The Bertz CT molecular complexity index is 292. The minimum Gasteiger partial charge on any atom is -0.452 e. The Balaban J connectivity index is 4.17. The molecule has 0 aliphatic rings. The van der Waals surface area contributed by atoms with Crippen LogP contribution in [-0.2, 0) is 14.9 Å². The van der Waals surface area contributed by atoms with Crippen LogP contribution in [0.25, 0.3) is 0 Å². The first-order valence-electron chi connectivity index (χ1n) is 3.74. The number of aliphatic hydroxyl groups is 1. The molecule has 7 nitrogen and oxygen atoms in total. The number of amides is 1. The van der Waals surface area contributed by atoms with E-state index in [4.69, 9.17) is 0 Å². The predicted molar refractivity (Wildman–Crippen MR) is 48.8 cm³/mol.